The molecule has 1 atom stereocenters. The minimum Gasteiger partial charge on any atom is -0.465 e. The van der Waals surface area contributed by atoms with Gasteiger partial charge in [-0.1, -0.05) is 18.2 Å². The van der Waals surface area contributed by atoms with Crippen LogP contribution in [0.1, 0.15) is 6.92 Å². The van der Waals surface area contributed by atoms with E-state index in [2.05, 4.69) is 10.0 Å². The summed E-state index contributed by atoms with van der Waals surface area (Å²) in [6.07, 6.45) is 0. The highest BCUT2D eigenvalue weighted by atomic mass is 32.2. The highest BCUT2D eigenvalue weighted by molar-refractivity contribution is 7.89. The third-order valence-corrected chi connectivity index (χ3v) is 3.82. The van der Waals surface area contributed by atoms with Crippen LogP contribution in [0.15, 0.2) is 35.2 Å². The first-order chi connectivity index (χ1) is 9.01. The van der Waals surface area contributed by atoms with Crippen LogP contribution in [0.4, 0.5) is 0 Å². The second-order valence-corrected chi connectivity index (χ2v) is 5.51. The molecule has 0 amide bonds. The van der Waals surface area contributed by atoms with Crippen molar-refractivity contribution in [3.8, 4) is 0 Å². The van der Waals surface area contributed by atoms with Crippen molar-refractivity contribution in [2.45, 2.75) is 17.9 Å². The van der Waals surface area contributed by atoms with Crippen LogP contribution >= 0.6 is 0 Å². The Kier molecular flexibility index (Phi) is 5.94. The molecule has 0 saturated carbocycles. The van der Waals surface area contributed by atoms with Crippen LogP contribution in [0.5, 0.6) is 0 Å². The van der Waals surface area contributed by atoms with Gasteiger partial charge in [0.15, 0.2) is 0 Å². The van der Waals surface area contributed by atoms with Gasteiger partial charge in [0, 0.05) is 6.54 Å². The number of ether oxygens (including phenoxy) is 1. The van der Waals surface area contributed by atoms with Gasteiger partial charge >= 0.3 is 5.97 Å². The van der Waals surface area contributed by atoms with E-state index in [9.17, 15) is 13.2 Å². The van der Waals surface area contributed by atoms with E-state index < -0.39 is 22.0 Å². The van der Waals surface area contributed by atoms with Crippen LogP contribution in [-0.2, 0) is 19.6 Å². The topological polar surface area (TPSA) is 84.5 Å². The number of carbonyl (C=O) groups excluding carboxylic acids is 1. The number of likely N-dealkylation sites (N-methyl/N-ethyl adjacent to an activating group) is 1. The summed E-state index contributed by atoms with van der Waals surface area (Å²) in [4.78, 5) is 11.8. The van der Waals surface area contributed by atoms with Crippen LogP contribution < -0.4 is 10.0 Å². The number of benzene rings is 1. The number of carbonyl (C=O) groups is 1. The zero-order chi connectivity index (χ0) is 14.3. The molecule has 6 nitrogen and oxygen atoms in total. The monoisotopic (exact) mass is 286 g/mol. The normalized spacial score (nSPS) is 12.9. The number of hydrogen-bond acceptors (Lipinski definition) is 5. The fourth-order valence-electron chi connectivity index (χ4n) is 1.48. The lowest BCUT2D eigenvalue weighted by Crippen LogP contribution is -2.47. The van der Waals surface area contributed by atoms with Gasteiger partial charge in [-0.15, -0.1) is 0 Å². The Morgan fingerprint density at radius 2 is 1.95 bits per heavy atom. The number of nitrogens with one attached hydrogen (secondary N) is 2. The van der Waals surface area contributed by atoms with Crippen molar-refractivity contribution >= 4 is 16.0 Å². The van der Waals surface area contributed by atoms with Crippen molar-refractivity contribution in [3.05, 3.63) is 30.3 Å². The first-order valence-electron chi connectivity index (χ1n) is 5.90. The second-order valence-electron chi connectivity index (χ2n) is 3.80. The summed E-state index contributed by atoms with van der Waals surface area (Å²) in [6.45, 7) is 2.02. The Morgan fingerprint density at radius 3 is 2.47 bits per heavy atom. The Balaban J connectivity index is 2.87. The van der Waals surface area contributed by atoms with Crippen LogP contribution in [-0.4, -0.2) is 40.6 Å². The van der Waals surface area contributed by atoms with Crippen LogP contribution in [0, 0.1) is 0 Å². The first-order valence-corrected chi connectivity index (χ1v) is 7.38. The maximum atomic E-state index is 12.1. The van der Waals surface area contributed by atoms with E-state index in [0.717, 1.165) is 0 Å². The first kappa shape index (κ1) is 15.6. The number of sulfonamides is 1. The average molecular weight is 286 g/mol. The molecule has 0 aliphatic heterocycles. The molecule has 106 valence electrons. The van der Waals surface area contributed by atoms with Gasteiger partial charge in [-0.05, 0) is 26.1 Å². The lowest BCUT2D eigenvalue weighted by molar-refractivity contribution is -0.144. The SMILES string of the molecule is CCOC(=O)[C@H](CNC)NS(=O)(=O)c1ccccc1. The number of esters is 1. The van der Waals surface area contributed by atoms with Gasteiger partial charge in [0.2, 0.25) is 10.0 Å². The lowest BCUT2D eigenvalue weighted by Gasteiger charge is -2.16. The van der Waals surface area contributed by atoms with Crippen molar-refractivity contribution in [2.75, 3.05) is 20.2 Å². The van der Waals surface area contributed by atoms with Crippen LogP contribution in [0.25, 0.3) is 0 Å². The predicted molar refractivity (Wildman–Crippen MR) is 71.1 cm³/mol. The highest BCUT2D eigenvalue weighted by Gasteiger charge is 2.25. The Bertz CT molecular complexity index is 502. The fourth-order valence-corrected chi connectivity index (χ4v) is 2.68. The summed E-state index contributed by atoms with van der Waals surface area (Å²) < 4.78 is 31.3. The summed E-state index contributed by atoms with van der Waals surface area (Å²) in [5.41, 5.74) is 0. The molecule has 1 aromatic rings. The molecule has 19 heavy (non-hydrogen) atoms. The Morgan fingerprint density at radius 1 is 1.32 bits per heavy atom. The summed E-state index contributed by atoms with van der Waals surface area (Å²) in [5, 5.41) is 2.75. The molecule has 2 N–H and O–H groups in total. The van der Waals surface area contributed by atoms with E-state index in [1.54, 1.807) is 32.2 Å². The summed E-state index contributed by atoms with van der Waals surface area (Å²) >= 11 is 0. The zero-order valence-corrected chi connectivity index (χ0v) is 11.7. The standard InChI is InChI=1S/C12H18N2O4S/c1-3-18-12(15)11(9-13-2)14-19(16,17)10-7-5-4-6-8-10/h4-8,11,13-14H,3,9H2,1-2H3/t11-/m0/s1. The van der Waals surface area contributed by atoms with Gasteiger partial charge in [-0.25, -0.2) is 8.42 Å². The molecule has 0 unspecified atom stereocenters. The molecule has 0 radical (unpaired) electrons. The Labute approximate surface area is 113 Å². The van der Waals surface area contributed by atoms with Gasteiger partial charge in [0.1, 0.15) is 6.04 Å². The van der Waals surface area contributed by atoms with Gasteiger partial charge in [0.05, 0.1) is 11.5 Å². The molecule has 0 aliphatic carbocycles. The van der Waals surface area contributed by atoms with Gasteiger partial charge in [-0.3, -0.25) is 4.79 Å². The van der Waals surface area contributed by atoms with E-state index in [1.807, 2.05) is 0 Å². The smallest absolute Gasteiger partial charge is 0.325 e. The van der Waals surface area contributed by atoms with Crippen molar-refractivity contribution in [1.82, 2.24) is 10.0 Å². The van der Waals surface area contributed by atoms with Gasteiger partial charge in [0.25, 0.3) is 0 Å². The lowest BCUT2D eigenvalue weighted by atomic mass is 10.3. The summed E-state index contributed by atoms with van der Waals surface area (Å²) in [6, 6.07) is 6.93. The number of hydrogen-bond donors (Lipinski definition) is 2. The number of rotatable bonds is 7. The van der Waals surface area contributed by atoms with Crippen molar-refractivity contribution in [3.63, 3.8) is 0 Å². The maximum Gasteiger partial charge on any atom is 0.325 e. The summed E-state index contributed by atoms with van der Waals surface area (Å²) in [7, 11) is -2.11. The fraction of sp³-hybridized carbons (Fsp3) is 0.417. The maximum absolute atomic E-state index is 12.1. The second kappa shape index (κ2) is 7.22. The third-order valence-electron chi connectivity index (χ3n) is 2.33. The minimum absolute atomic E-state index is 0.111. The predicted octanol–water partition coefficient (Wildman–Crippen LogP) is 0.116. The molecule has 0 heterocycles. The quantitative estimate of drug-likeness (QED) is 0.695. The molecule has 0 aliphatic rings. The van der Waals surface area contributed by atoms with Crippen molar-refractivity contribution in [1.29, 1.82) is 0 Å². The third kappa shape index (κ3) is 4.62. The zero-order valence-electron chi connectivity index (χ0n) is 10.9. The Hall–Kier alpha value is -1.44. The molecule has 0 saturated heterocycles. The molecule has 0 fully saturated rings. The average Bonchev–Trinajstić information content (AvgIpc) is 2.39. The van der Waals surface area contributed by atoms with Gasteiger partial charge in [-0.2, -0.15) is 4.72 Å². The molecular formula is C12H18N2O4S. The molecule has 0 bridgehead atoms. The van der Waals surface area contributed by atoms with E-state index in [0.29, 0.717) is 0 Å². The van der Waals surface area contributed by atoms with Gasteiger partial charge < -0.3 is 10.1 Å². The van der Waals surface area contributed by atoms with Crippen LogP contribution in [0.2, 0.25) is 0 Å². The molecule has 1 rings (SSSR count). The van der Waals surface area contributed by atoms with Crippen molar-refractivity contribution in [2.24, 2.45) is 0 Å². The van der Waals surface area contributed by atoms with E-state index in [4.69, 9.17) is 4.74 Å². The minimum atomic E-state index is -3.74. The molecular weight excluding hydrogens is 268 g/mol. The molecule has 7 heteroatoms. The summed E-state index contributed by atoms with van der Waals surface area (Å²) in [5.74, 6) is -0.601. The largest absolute Gasteiger partial charge is 0.465 e. The van der Waals surface area contributed by atoms with E-state index in [1.165, 1.54) is 12.1 Å². The van der Waals surface area contributed by atoms with Crippen LogP contribution in [0.3, 0.4) is 0 Å². The molecule has 0 spiro atoms. The molecule has 1 aromatic carbocycles. The molecule has 0 aromatic heterocycles. The highest BCUT2D eigenvalue weighted by Crippen LogP contribution is 2.08. The van der Waals surface area contributed by atoms with Crippen molar-refractivity contribution < 1.29 is 17.9 Å². The van der Waals surface area contributed by atoms with E-state index >= 15 is 0 Å². The van der Waals surface area contributed by atoms with E-state index in [-0.39, 0.29) is 18.0 Å².